The molecule has 0 bridgehead atoms. The maximum Gasteiger partial charge on any atom is 0.460 e. The summed E-state index contributed by atoms with van der Waals surface area (Å²) in [7, 11) is -7.76. The van der Waals surface area contributed by atoms with Gasteiger partial charge >= 0.3 is 23.3 Å². The summed E-state index contributed by atoms with van der Waals surface area (Å²) in [5.74, 6) is -14.8. The molecule has 1 unspecified atom stereocenters. The monoisotopic (exact) mass is 644 g/mol. The van der Waals surface area contributed by atoms with Crippen LogP contribution in [0.25, 0.3) is 25.1 Å². The lowest BCUT2D eigenvalue weighted by atomic mass is 10.1. The van der Waals surface area contributed by atoms with Crippen LogP contribution in [0.5, 0.6) is 0 Å². The maximum atomic E-state index is 13.0. The highest BCUT2D eigenvalue weighted by molar-refractivity contribution is 7.86. The van der Waals surface area contributed by atoms with E-state index in [-0.39, 0.29) is 21.7 Å². The summed E-state index contributed by atoms with van der Waals surface area (Å²) in [5, 5.41) is -5.73. The second-order valence-electron chi connectivity index (χ2n) is 8.83. The minimum absolute atomic E-state index is 0.00422. The van der Waals surface area contributed by atoms with Crippen LogP contribution in [0.4, 0.5) is 39.5 Å². The number of ketones is 1. The largest absolute Gasteiger partial charge is 0.743 e. The van der Waals surface area contributed by atoms with Crippen LogP contribution >= 0.6 is 10.5 Å². The number of fused-ring (bicyclic) bond motifs is 2. The van der Waals surface area contributed by atoms with E-state index in [2.05, 4.69) is 31.2 Å². The van der Waals surface area contributed by atoms with Gasteiger partial charge in [0.05, 0.1) is 10.8 Å². The van der Waals surface area contributed by atoms with Crippen molar-refractivity contribution in [1.29, 1.82) is 0 Å². The Labute approximate surface area is 233 Å². The van der Waals surface area contributed by atoms with Gasteiger partial charge in [-0.3, -0.25) is 9.59 Å². The highest BCUT2D eigenvalue weighted by atomic mass is 32.2. The van der Waals surface area contributed by atoms with Gasteiger partial charge in [-0.25, -0.2) is 8.42 Å². The molecule has 1 atom stereocenters. The summed E-state index contributed by atoms with van der Waals surface area (Å²) in [5.41, 5.74) is 1.80. The van der Waals surface area contributed by atoms with Crippen LogP contribution in [0.2, 0.25) is 0 Å². The Hall–Kier alpha value is -3.50. The van der Waals surface area contributed by atoms with E-state index in [4.69, 9.17) is 0 Å². The zero-order chi connectivity index (χ0) is 32.1. The molecule has 5 nitrogen and oxygen atoms in total. The second kappa shape index (κ2) is 11.0. The number of halogens is 9. The molecule has 16 heteroatoms. The van der Waals surface area contributed by atoms with E-state index < -0.39 is 33.4 Å². The minimum Gasteiger partial charge on any atom is -0.743 e. The fourth-order valence-corrected chi connectivity index (χ4v) is 6.41. The fraction of sp³-hybridized carbons (Fsp3) is 0.231. The molecular formula is C26H17F9O5S2. The molecule has 0 aliphatic heterocycles. The van der Waals surface area contributed by atoms with Gasteiger partial charge in [0.2, 0.25) is 5.43 Å². The molecule has 0 N–H and O–H groups in total. The summed E-state index contributed by atoms with van der Waals surface area (Å²) in [6.07, 6.45) is -7.16. The third-order valence-electron chi connectivity index (χ3n) is 5.89. The summed E-state index contributed by atoms with van der Waals surface area (Å²) in [6.45, 7) is 3.60. The van der Waals surface area contributed by atoms with Gasteiger partial charge in [0.15, 0.2) is 30.2 Å². The van der Waals surface area contributed by atoms with Crippen molar-refractivity contribution in [3.63, 3.8) is 0 Å². The number of benzene rings is 3. The van der Waals surface area contributed by atoms with Gasteiger partial charge in [-0.2, -0.15) is 39.5 Å². The van der Waals surface area contributed by atoms with Gasteiger partial charge in [0, 0.05) is 16.0 Å². The molecule has 42 heavy (non-hydrogen) atoms. The number of aryl methyl sites for hydroxylation is 1. The number of carbonyl (C=O) groups is 1. The van der Waals surface area contributed by atoms with E-state index in [1.54, 1.807) is 6.07 Å². The number of hydrogen-bond acceptors (Lipinski definition) is 5. The lowest BCUT2D eigenvalue weighted by Crippen LogP contribution is -2.63. The molecule has 0 aliphatic rings. The van der Waals surface area contributed by atoms with E-state index in [1.807, 2.05) is 36.4 Å². The molecule has 0 saturated carbocycles. The highest BCUT2D eigenvalue weighted by Crippen LogP contribution is 2.54. The standard InChI is InChI=1S/C22H17O2S.C4HF9O3S/c1-14-7-10-17(11-8-14)25-20-6-4-3-5-18(20)22(24)19-13-16(15(2)23)9-12-21(19)25;5-1(6,3(9,10)11)2(7,8)4(12,13)17(14,15)16/h3-13H,1-2H3;(H,14,15,16)/q+1;/p-1. The molecule has 1 aromatic heterocycles. The lowest BCUT2D eigenvalue weighted by molar-refractivity contribution is -0.382. The van der Waals surface area contributed by atoms with Crippen molar-refractivity contribution >= 4 is 46.5 Å². The Kier molecular flexibility index (Phi) is 8.62. The molecule has 4 rings (SSSR count). The van der Waals surface area contributed by atoms with Crippen LogP contribution in [-0.4, -0.2) is 42.0 Å². The van der Waals surface area contributed by atoms with Crippen LogP contribution in [0.1, 0.15) is 22.8 Å². The minimum atomic E-state index is -7.43. The second-order valence-corrected chi connectivity index (χ2v) is 12.2. The van der Waals surface area contributed by atoms with Crippen molar-refractivity contribution in [3.05, 3.63) is 88.1 Å². The quantitative estimate of drug-likeness (QED) is 0.0736. The average Bonchev–Trinajstić information content (AvgIpc) is 2.88. The average molecular weight is 645 g/mol. The molecule has 3 aromatic carbocycles. The predicted molar refractivity (Wildman–Crippen MR) is 137 cm³/mol. The molecule has 0 aliphatic carbocycles. The highest BCUT2D eigenvalue weighted by Gasteiger charge is 2.83. The van der Waals surface area contributed by atoms with Gasteiger partial charge in [-0.05, 0) is 56.3 Å². The number of hydrogen-bond donors (Lipinski definition) is 0. The Morgan fingerprint density at radius 2 is 1.29 bits per heavy atom. The molecule has 0 fully saturated rings. The SMILES string of the molecule is CC(=O)c1ccc2c(c1)c(=O)c1ccccc1[s+]2-c1ccc(C)cc1.O=S(=O)([O-])C(F)(F)C(F)(F)C(F)(F)C(F)(F)F. The van der Waals surface area contributed by atoms with Crippen LogP contribution < -0.4 is 5.43 Å². The third kappa shape index (κ3) is 5.62. The van der Waals surface area contributed by atoms with Gasteiger partial charge < -0.3 is 4.55 Å². The number of alkyl halides is 9. The first kappa shape index (κ1) is 33.0. The van der Waals surface area contributed by atoms with E-state index >= 15 is 0 Å². The Morgan fingerprint density at radius 1 is 0.762 bits per heavy atom. The maximum absolute atomic E-state index is 13.0. The topological polar surface area (TPSA) is 91.3 Å². The van der Waals surface area contributed by atoms with Crippen molar-refractivity contribution in [3.8, 4) is 4.90 Å². The lowest BCUT2D eigenvalue weighted by Gasteiger charge is -2.34. The van der Waals surface area contributed by atoms with Crippen molar-refractivity contribution in [1.82, 2.24) is 0 Å². The molecule has 1 heterocycles. The van der Waals surface area contributed by atoms with Crippen LogP contribution in [0.15, 0.2) is 71.5 Å². The van der Waals surface area contributed by atoms with Gasteiger partial charge in [-0.1, -0.05) is 29.8 Å². The van der Waals surface area contributed by atoms with E-state index in [0.717, 1.165) is 14.8 Å². The summed E-state index contributed by atoms with van der Waals surface area (Å²) in [6, 6.07) is 21.8. The van der Waals surface area contributed by atoms with Crippen molar-refractivity contribution < 1.29 is 57.3 Å². The van der Waals surface area contributed by atoms with Crippen LogP contribution in [-0.2, 0) is 10.1 Å². The predicted octanol–water partition coefficient (Wildman–Crippen LogP) is 7.56. The summed E-state index contributed by atoms with van der Waals surface area (Å²) in [4.78, 5) is 26.0. The molecule has 0 saturated heterocycles. The molecule has 0 spiro atoms. The first-order valence-electron chi connectivity index (χ1n) is 11.3. The van der Waals surface area contributed by atoms with Crippen molar-refractivity contribution in [2.24, 2.45) is 0 Å². The number of Topliss-reactive ketones (excluding diaryl/α,β-unsaturated/α-hetero) is 1. The Balaban J connectivity index is 0.000000252. The van der Waals surface area contributed by atoms with Crippen molar-refractivity contribution in [2.45, 2.75) is 37.1 Å². The van der Waals surface area contributed by atoms with Gasteiger partial charge in [-0.15, -0.1) is 0 Å². The molecular weight excluding hydrogens is 627 g/mol. The van der Waals surface area contributed by atoms with Crippen molar-refractivity contribution in [2.75, 3.05) is 0 Å². The van der Waals surface area contributed by atoms with E-state index in [0.29, 0.717) is 10.9 Å². The molecule has 0 amide bonds. The molecule has 4 aromatic rings. The number of carbonyl (C=O) groups excluding carboxylic acids is 1. The van der Waals surface area contributed by atoms with Gasteiger partial charge in [0.25, 0.3) is 0 Å². The van der Waals surface area contributed by atoms with E-state index in [1.165, 1.54) is 17.4 Å². The normalized spacial score (nSPS) is 13.6. The number of rotatable bonds is 5. The zero-order valence-electron chi connectivity index (χ0n) is 21.1. The third-order valence-corrected chi connectivity index (χ3v) is 9.11. The van der Waals surface area contributed by atoms with Gasteiger partial charge in [0.1, 0.15) is 0 Å². The smallest absolute Gasteiger partial charge is 0.460 e. The summed E-state index contributed by atoms with van der Waals surface area (Å²) >= 11 is 0. The molecule has 226 valence electrons. The van der Waals surface area contributed by atoms with Crippen LogP contribution in [0, 0.1) is 6.92 Å². The Morgan fingerprint density at radius 3 is 1.79 bits per heavy atom. The zero-order valence-corrected chi connectivity index (χ0v) is 22.7. The molecule has 0 radical (unpaired) electrons. The van der Waals surface area contributed by atoms with Crippen LogP contribution in [0.3, 0.4) is 0 Å². The Bertz CT molecular complexity index is 1830. The fourth-order valence-electron chi connectivity index (χ4n) is 3.65. The first-order chi connectivity index (χ1) is 19.1. The summed E-state index contributed by atoms with van der Waals surface area (Å²) < 4.78 is 137. The van der Waals surface area contributed by atoms with E-state index in [9.17, 15) is 62.1 Å². The first-order valence-corrected chi connectivity index (χ1v) is 13.9.